The highest BCUT2D eigenvalue weighted by molar-refractivity contribution is 5.43. The Morgan fingerprint density at radius 2 is 1.50 bits per heavy atom. The van der Waals surface area contributed by atoms with Gasteiger partial charge >= 0.3 is 0 Å². The van der Waals surface area contributed by atoms with E-state index in [0.29, 0.717) is 31.0 Å². The molecule has 0 saturated carbocycles. The second-order valence-corrected chi connectivity index (χ2v) is 7.08. The molecule has 0 radical (unpaired) electrons. The maximum Gasteiger partial charge on any atom is 0.161 e. The lowest BCUT2D eigenvalue weighted by molar-refractivity contribution is 0.229. The van der Waals surface area contributed by atoms with Gasteiger partial charge in [-0.1, -0.05) is 40.7 Å². The molecule has 0 aliphatic carbocycles. The van der Waals surface area contributed by atoms with E-state index in [-0.39, 0.29) is 0 Å². The first kappa shape index (κ1) is 18.8. The van der Waals surface area contributed by atoms with Crippen LogP contribution < -0.4 is 15.2 Å². The molecule has 22 heavy (non-hydrogen) atoms. The summed E-state index contributed by atoms with van der Waals surface area (Å²) < 4.78 is 11.9. The lowest BCUT2D eigenvalue weighted by atomic mass is 9.98. The normalized spacial score (nSPS) is 12.7. The van der Waals surface area contributed by atoms with Crippen molar-refractivity contribution in [2.24, 2.45) is 23.5 Å². The average molecular weight is 307 g/mol. The van der Waals surface area contributed by atoms with Crippen molar-refractivity contribution in [3.63, 3.8) is 0 Å². The maximum atomic E-state index is 5.96. The van der Waals surface area contributed by atoms with E-state index >= 15 is 0 Å². The molecule has 3 nitrogen and oxygen atoms in total. The van der Waals surface area contributed by atoms with Crippen LogP contribution in [0.2, 0.25) is 0 Å². The van der Waals surface area contributed by atoms with Gasteiger partial charge in [-0.15, -0.1) is 0 Å². The Balaban J connectivity index is 2.82. The van der Waals surface area contributed by atoms with Crippen LogP contribution in [0.5, 0.6) is 11.5 Å². The summed E-state index contributed by atoms with van der Waals surface area (Å²) in [6.45, 7) is 13.0. The van der Waals surface area contributed by atoms with Crippen molar-refractivity contribution in [3.05, 3.63) is 23.8 Å². The molecule has 1 aromatic rings. The van der Waals surface area contributed by atoms with Gasteiger partial charge in [-0.25, -0.2) is 0 Å². The minimum atomic E-state index is 0.498. The molecule has 1 rings (SSSR count). The number of benzene rings is 1. The van der Waals surface area contributed by atoms with E-state index in [0.717, 1.165) is 30.9 Å². The first-order valence-electron chi connectivity index (χ1n) is 8.51. The molecular weight excluding hydrogens is 274 g/mol. The lowest BCUT2D eigenvalue weighted by Crippen LogP contribution is -2.10. The summed E-state index contributed by atoms with van der Waals surface area (Å²) >= 11 is 0. The Morgan fingerprint density at radius 1 is 0.909 bits per heavy atom. The first-order valence-corrected chi connectivity index (χ1v) is 8.51. The van der Waals surface area contributed by atoms with Crippen LogP contribution in [-0.4, -0.2) is 19.8 Å². The van der Waals surface area contributed by atoms with Gasteiger partial charge in [-0.3, -0.25) is 0 Å². The number of hydrogen-bond donors (Lipinski definition) is 1. The molecule has 0 aliphatic heterocycles. The molecule has 0 heterocycles. The molecule has 126 valence electrons. The largest absolute Gasteiger partial charge is 0.489 e. The van der Waals surface area contributed by atoms with Crippen LogP contribution in [0.1, 0.15) is 46.6 Å². The Kier molecular flexibility index (Phi) is 8.32. The zero-order chi connectivity index (χ0) is 16.5. The van der Waals surface area contributed by atoms with Gasteiger partial charge < -0.3 is 15.2 Å². The summed E-state index contributed by atoms with van der Waals surface area (Å²) in [6, 6.07) is 6.32. The molecule has 0 bridgehead atoms. The number of nitrogens with two attached hydrogens (primary N) is 1. The molecule has 0 amide bonds. The maximum absolute atomic E-state index is 5.96. The van der Waals surface area contributed by atoms with E-state index < -0.39 is 0 Å². The monoisotopic (exact) mass is 307 g/mol. The Morgan fingerprint density at radius 3 is 2.05 bits per heavy atom. The predicted octanol–water partition coefficient (Wildman–Crippen LogP) is 4.28. The topological polar surface area (TPSA) is 44.5 Å². The number of rotatable bonds is 10. The molecule has 1 unspecified atom stereocenters. The van der Waals surface area contributed by atoms with Crippen molar-refractivity contribution in [1.82, 2.24) is 0 Å². The highest BCUT2D eigenvalue weighted by Gasteiger charge is 2.11. The molecule has 0 saturated heterocycles. The summed E-state index contributed by atoms with van der Waals surface area (Å²) in [5.41, 5.74) is 6.93. The van der Waals surface area contributed by atoms with E-state index in [1.165, 1.54) is 5.56 Å². The quantitative estimate of drug-likeness (QED) is 0.701. The molecular formula is C19H33NO2. The average Bonchev–Trinajstić information content (AvgIpc) is 2.44. The molecule has 3 heteroatoms. The zero-order valence-electron chi connectivity index (χ0n) is 14.9. The van der Waals surface area contributed by atoms with Crippen molar-refractivity contribution in [2.75, 3.05) is 19.8 Å². The van der Waals surface area contributed by atoms with Gasteiger partial charge in [0.05, 0.1) is 13.2 Å². The van der Waals surface area contributed by atoms with Gasteiger partial charge in [0.2, 0.25) is 0 Å². The molecule has 1 atom stereocenters. The van der Waals surface area contributed by atoms with E-state index in [1.54, 1.807) is 0 Å². The summed E-state index contributed by atoms with van der Waals surface area (Å²) in [6.07, 6.45) is 2.08. The lowest BCUT2D eigenvalue weighted by Gasteiger charge is -2.17. The smallest absolute Gasteiger partial charge is 0.161 e. The van der Waals surface area contributed by atoms with Crippen LogP contribution in [0.4, 0.5) is 0 Å². The third kappa shape index (κ3) is 7.17. The van der Waals surface area contributed by atoms with Crippen molar-refractivity contribution in [2.45, 2.75) is 47.5 Å². The third-order valence-electron chi connectivity index (χ3n) is 3.40. The van der Waals surface area contributed by atoms with Crippen molar-refractivity contribution in [3.8, 4) is 11.5 Å². The second kappa shape index (κ2) is 9.73. The van der Waals surface area contributed by atoms with Gasteiger partial charge in [-0.05, 0) is 54.8 Å². The molecule has 0 aromatic heterocycles. The van der Waals surface area contributed by atoms with Crippen LogP contribution in [0.25, 0.3) is 0 Å². The highest BCUT2D eigenvalue weighted by atomic mass is 16.5. The minimum absolute atomic E-state index is 0.498. The molecule has 1 aromatic carbocycles. The van der Waals surface area contributed by atoms with Crippen LogP contribution in [-0.2, 0) is 6.42 Å². The minimum Gasteiger partial charge on any atom is -0.489 e. The summed E-state index contributed by atoms with van der Waals surface area (Å²) in [4.78, 5) is 0. The van der Waals surface area contributed by atoms with Gasteiger partial charge in [0.1, 0.15) is 0 Å². The van der Waals surface area contributed by atoms with Crippen LogP contribution in [0, 0.1) is 17.8 Å². The van der Waals surface area contributed by atoms with Gasteiger partial charge in [0.25, 0.3) is 0 Å². The van der Waals surface area contributed by atoms with Gasteiger partial charge in [0.15, 0.2) is 11.5 Å². The van der Waals surface area contributed by atoms with Crippen molar-refractivity contribution < 1.29 is 9.47 Å². The number of hydrogen-bond acceptors (Lipinski definition) is 3. The van der Waals surface area contributed by atoms with Crippen LogP contribution in [0.15, 0.2) is 18.2 Å². The Labute approximate surface area is 136 Å². The second-order valence-electron chi connectivity index (χ2n) is 7.08. The molecule has 0 spiro atoms. The Hall–Kier alpha value is -1.22. The van der Waals surface area contributed by atoms with Crippen molar-refractivity contribution in [1.29, 1.82) is 0 Å². The first-order chi connectivity index (χ1) is 10.4. The number of ether oxygens (including phenoxy) is 2. The highest BCUT2D eigenvalue weighted by Crippen LogP contribution is 2.30. The summed E-state index contributed by atoms with van der Waals surface area (Å²) in [5, 5.41) is 0. The SMILES string of the molecule is CC(C)COc1ccc(CC(C)CCN)cc1OCC(C)C. The van der Waals surface area contributed by atoms with Crippen LogP contribution in [0.3, 0.4) is 0 Å². The summed E-state index contributed by atoms with van der Waals surface area (Å²) in [5.74, 6) is 3.31. The standard InChI is InChI=1S/C19H33NO2/c1-14(2)12-21-18-7-6-17(10-16(5)8-9-20)11-19(18)22-13-15(3)4/h6-7,11,14-16H,8-10,12-13,20H2,1-5H3. The van der Waals surface area contributed by atoms with E-state index in [1.807, 2.05) is 6.07 Å². The van der Waals surface area contributed by atoms with Crippen molar-refractivity contribution >= 4 is 0 Å². The van der Waals surface area contributed by atoms with E-state index in [4.69, 9.17) is 15.2 Å². The Bertz CT molecular complexity index is 429. The molecule has 0 aliphatic rings. The predicted molar refractivity (Wildman–Crippen MR) is 93.6 cm³/mol. The zero-order valence-corrected chi connectivity index (χ0v) is 14.9. The van der Waals surface area contributed by atoms with Gasteiger partial charge in [-0.2, -0.15) is 0 Å². The fraction of sp³-hybridized carbons (Fsp3) is 0.684. The molecule has 0 fully saturated rings. The fourth-order valence-electron chi connectivity index (χ4n) is 2.21. The fourth-order valence-corrected chi connectivity index (χ4v) is 2.21. The third-order valence-corrected chi connectivity index (χ3v) is 3.40. The molecule has 2 N–H and O–H groups in total. The van der Waals surface area contributed by atoms with E-state index in [9.17, 15) is 0 Å². The summed E-state index contributed by atoms with van der Waals surface area (Å²) in [7, 11) is 0. The van der Waals surface area contributed by atoms with Crippen LogP contribution >= 0.6 is 0 Å². The van der Waals surface area contributed by atoms with Gasteiger partial charge in [0, 0.05) is 0 Å². The van der Waals surface area contributed by atoms with E-state index in [2.05, 4.69) is 46.8 Å².